The standard InChI is InChI=1S/C15H22N2O7S/c1-22-14-7-6-12(11-13(14)17(18)19)25(20,21)16-8-4-10-24-15-5-2-3-9-23-15/h6-7,11,15-16H,2-5,8-10H2,1H3/t15-/m0/s1. The Labute approximate surface area is 146 Å². The molecule has 1 heterocycles. The Balaban J connectivity index is 1.86. The fourth-order valence-electron chi connectivity index (χ4n) is 2.40. The van der Waals surface area contributed by atoms with E-state index < -0.39 is 20.6 Å². The lowest BCUT2D eigenvalue weighted by Crippen LogP contribution is -2.27. The normalized spacial score (nSPS) is 18.0. The molecule has 0 aliphatic carbocycles. The molecule has 0 aromatic heterocycles. The summed E-state index contributed by atoms with van der Waals surface area (Å²) < 4.78 is 42.7. The second-order valence-electron chi connectivity index (χ2n) is 5.51. The SMILES string of the molecule is COc1ccc(S(=O)(=O)NCCCO[C@H]2CCCCO2)cc1[N+](=O)[O-]. The van der Waals surface area contributed by atoms with Crippen LogP contribution >= 0.6 is 0 Å². The summed E-state index contributed by atoms with van der Waals surface area (Å²) >= 11 is 0. The molecular weight excluding hydrogens is 352 g/mol. The molecule has 10 heteroatoms. The van der Waals surface area contributed by atoms with Crippen LogP contribution < -0.4 is 9.46 Å². The monoisotopic (exact) mass is 374 g/mol. The van der Waals surface area contributed by atoms with E-state index in [-0.39, 0.29) is 23.5 Å². The fourth-order valence-corrected chi connectivity index (χ4v) is 3.49. The van der Waals surface area contributed by atoms with E-state index in [4.69, 9.17) is 14.2 Å². The summed E-state index contributed by atoms with van der Waals surface area (Å²) in [5, 5.41) is 11.0. The second kappa shape index (κ2) is 9.09. The summed E-state index contributed by atoms with van der Waals surface area (Å²) in [5.41, 5.74) is -0.400. The van der Waals surface area contributed by atoms with Crippen molar-refractivity contribution in [1.82, 2.24) is 4.72 Å². The van der Waals surface area contributed by atoms with Gasteiger partial charge in [0.1, 0.15) is 0 Å². The van der Waals surface area contributed by atoms with Gasteiger partial charge in [-0.2, -0.15) is 0 Å². The highest BCUT2D eigenvalue weighted by Gasteiger charge is 2.21. The van der Waals surface area contributed by atoms with E-state index in [0.29, 0.717) is 19.6 Å². The first-order valence-electron chi connectivity index (χ1n) is 7.99. The van der Waals surface area contributed by atoms with Crippen molar-refractivity contribution < 1.29 is 27.6 Å². The van der Waals surface area contributed by atoms with Crippen molar-refractivity contribution in [3.8, 4) is 5.75 Å². The number of hydrogen-bond donors (Lipinski definition) is 1. The van der Waals surface area contributed by atoms with Crippen LogP contribution in [-0.2, 0) is 19.5 Å². The maximum absolute atomic E-state index is 12.2. The average Bonchev–Trinajstić information content (AvgIpc) is 2.61. The first kappa shape index (κ1) is 19.6. The van der Waals surface area contributed by atoms with Crippen LogP contribution in [0.25, 0.3) is 0 Å². The molecule has 1 N–H and O–H groups in total. The summed E-state index contributed by atoms with van der Waals surface area (Å²) in [6.45, 7) is 1.22. The molecule has 9 nitrogen and oxygen atoms in total. The van der Waals surface area contributed by atoms with Crippen molar-refractivity contribution >= 4 is 15.7 Å². The number of nitrogens with zero attached hydrogens (tertiary/aromatic N) is 1. The number of nitro benzene ring substituents is 1. The maximum atomic E-state index is 12.2. The quantitative estimate of drug-likeness (QED) is 0.398. The van der Waals surface area contributed by atoms with Crippen molar-refractivity contribution in [1.29, 1.82) is 0 Å². The van der Waals surface area contributed by atoms with E-state index in [2.05, 4.69) is 4.72 Å². The Morgan fingerprint density at radius 3 is 2.84 bits per heavy atom. The van der Waals surface area contributed by atoms with E-state index in [1.165, 1.54) is 19.2 Å². The molecule has 2 rings (SSSR count). The van der Waals surface area contributed by atoms with Gasteiger partial charge in [0, 0.05) is 19.2 Å². The molecule has 1 aromatic rings. The third-order valence-corrected chi connectivity index (χ3v) is 5.17. The zero-order chi connectivity index (χ0) is 18.3. The van der Waals surface area contributed by atoms with Gasteiger partial charge in [-0.25, -0.2) is 13.1 Å². The summed E-state index contributed by atoms with van der Waals surface area (Å²) in [5.74, 6) is 0.00447. The molecule has 1 atom stereocenters. The van der Waals surface area contributed by atoms with Crippen molar-refractivity contribution in [2.45, 2.75) is 36.9 Å². The van der Waals surface area contributed by atoms with Crippen LogP contribution in [0.5, 0.6) is 5.75 Å². The second-order valence-corrected chi connectivity index (χ2v) is 7.28. The molecule has 0 amide bonds. The maximum Gasteiger partial charge on any atom is 0.312 e. The summed E-state index contributed by atoms with van der Waals surface area (Å²) in [6, 6.07) is 3.50. The molecule has 1 fully saturated rings. The topological polar surface area (TPSA) is 117 Å². The van der Waals surface area contributed by atoms with E-state index in [9.17, 15) is 18.5 Å². The Kier molecular flexibility index (Phi) is 7.12. The van der Waals surface area contributed by atoms with E-state index in [0.717, 1.165) is 25.3 Å². The number of methoxy groups -OCH3 is 1. The minimum atomic E-state index is -3.84. The van der Waals surface area contributed by atoms with Gasteiger partial charge in [0.25, 0.3) is 0 Å². The van der Waals surface area contributed by atoms with E-state index in [1.807, 2.05) is 0 Å². The van der Waals surface area contributed by atoms with E-state index >= 15 is 0 Å². The molecule has 0 saturated carbocycles. The zero-order valence-corrected chi connectivity index (χ0v) is 14.8. The highest BCUT2D eigenvalue weighted by molar-refractivity contribution is 7.89. The van der Waals surface area contributed by atoms with Crippen LogP contribution in [0.2, 0.25) is 0 Å². The number of ether oxygens (including phenoxy) is 3. The highest BCUT2D eigenvalue weighted by atomic mass is 32.2. The van der Waals surface area contributed by atoms with Gasteiger partial charge >= 0.3 is 5.69 Å². The van der Waals surface area contributed by atoms with Crippen molar-refractivity contribution in [3.05, 3.63) is 28.3 Å². The summed E-state index contributed by atoms with van der Waals surface area (Å²) in [7, 11) is -2.56. The molecule has 1 aliphatic rings. The molecule has 25 heavy (non-hydrogen) atoms. The lowest BCUT2D eigenvalue weighted by atomic mass is 10.2. The molecule has 0 bridgehead atoms. The van der Waals surface area contributed by atoms with Gasteiger partial charge in [0.15, 0.2) is 12.0 Å². The zero-order valence-electron chi connectivity index (χ0n) is 14.0. The van der Waals surface area contributed by atoms with E-state index in [1.54, 1.807) is 0 Å². The average molecular weight is 374 g/mol. The number of rotatable bonds is 9. The fraction of sp³-hybridized carbons (Fsp3) is 0.600. The number of nitrogens with one attached hydrogen (secondary N) is 1. The van der Waals surface area contributed by atoms with Crippen LogP contribution in [0.4, 0.5) is 5.69 Å². The van der Waals surface area contributed by atoms with Gasteiger partial charge in [-0.3, -0.25) is 10.1 Å². The molecule has 1 saturated heterocycles. The lowest BCUT2D eigenvalue weighted by molar-refractivity contribution is -0.386. The van der Waals surface area contributed by atoms with Gasteiger partial charge < -0.3 is 14.2 Å². The van der Waals surface area contributed by atoms with Gasteiger partial charge in [-0.1, -0.05) is 0 Å². The van der Waals surface area contributed by atoms with Crippen LogP contribution in [0.3, 0.4) is 0 Å². The van der Waals surface area contributed by atoms with Gasteiger partial charge in [-0.15, -0.1) is 0 Å². The Hall–Kier alpha value is -1.75. The highest BCUT2D eigenvalue weighted by Crippen LogP contribution is 2.29. The number of nitro groups is 1. The minimum absolute atomic E-state index is 0.00447. The molecule has 1 aromatic carbocycles. The van der Waals surface area contributed by atoms with Crippen LogP contribution in [0.1, 0.15) is 25.7 Å². The molecular formula is C15H22N2O7S. The lowest BCUT2D eigenvalue weighted by Gasteiger charge is -2.22. The van der Waals surface area contributed by atoms with Crippen LogP contribution in [0.15, 0.2) is 23.1 Å². The Morgan fingerprint density at radius 2 is 2.20 bits per heavy atom. The Morgan fingerprint density at radius 1 is 1.40 bits per heavy atom. The minimum Gasteiger partial charge on any atom is -0.490 e. The van der Waals surface area contributed by atoms with Gasteiger partial charge in [0.2, 0.25) is 10.0 Å². The van der Waals surface area contributed by atoms with Crippen molar-refractivity contribution in [3.63, 3.8) is 0 Å². The summed E-state index contributed by atoms with van der Waals surface area (Å²) in [4.78, 5) is 10.1. The largest absolute Gasteiger partial charge is 0.490 e. The third kappa shape index (κ3) is 5.63. The first-order valence-corrected chi connectivity index (χ1v) is 9.47. The van der Waals surface area contributed by atoms with Crippen molar-refractivity contribution in [2.75, 3.05) is 26.9 Å². The predicted octanol–water partition coefficient (Wildman–Crippen LogP) is 1.81. The van der Waals surface area contributed by atoms with Gasteiger partial charge in [0.05, 0.1) is 23.5 Å². The number of hydrogen-bond acceptors (Lipinski definition) is 7. The molecule has 0 unspecified atom stereocenters. The van der Waals surface area contributed by atoms with Crippen molar-refractivity contribution in [2.24, 2.45) is 0 Å². The third-order valence-electron chi connectivity index (χ3n) is 3.71. The Bertz CT molecular complexity index is 687. The molecule has 140 valence electrons. The number of benzene rings is 1. The molecule has 0 spiro atoms. The summed E-state index contributed by atoms with van der Waals surface area (Å²) in [6.07, 6.45) is 3.20. The molecule has 0 radical (unpaired) electrons. The van der Waals surface area contributed by atoms with Crippen LogP contribution in [0, 0.1) is 10.1 Å². The van der Waals surface area contributed by atoms with Crippen LogP contribution in [-0.4, -0.2) is 46.5 Å². The predicted molar refractivity (Wildman–Crippen MR) is 89.0 cm³/mol. The first-order chi connectivity index (χ1) is 11.9. The molecule has 1 aliphatic heterocycles. The van der Waals surface area contributed by atoms with Gasteiger partial charge in [-0.05, 0) is 37.8 Å². The smallest absolute Gasteiger partial charge is 0.312 e. The number of sulfonamides is 1.